The number of methoxy groups -OCH3 is 1. The maximum atomic E-state index is 11.6. The van der Waals surface area contributed by atoms with E-state index in [1.807, 2.05) is 0 Å². The summed E-state index contributed by atoms with van der Waals surface area (Å²) in [6, 6.07) is 0. The molecule has 2 rings (SSSR count). The molecule has 1 amide bonds. The van der Waals surface area contributed by atoms with E-state index < -0.39 is 5.97 Å². The Morgan fingerprint density at radius 1 is 1.47 bits per heavy atom. The van der Waals surface area contributed by atoms with Crippen LogP contribution in [0.5, 0.6) is 0 Å². The third-order valence-electron chi connectivity index (χ3n) is 2.62. The minimum atomic E-state index is -0.644. The van der Waals surface area contributed by atoms with E-state index in [1.165, 1.54) is 14.0 Å². The van der Waals surface area contributed by atoms with Crippen LogP contribution in [0.4, 0.5) is 5.13 Å². The molecule has 0 saturated carbocycles. The van der Waals surface area contributed by atoms with Gasteiger partial charge < -0.3 is 15.0 Å². The zero-order chi connectivity index (χ0) is 14.0. The lowest BCUT2D eigenvalue weighted by Crippen LogP contribution is -2.47. The van der Waals surface area contributed by atoms with Crippen LogP contribution in [-0.4, -0.2) is 49.4 Å². The van der Waals surface area contributed by atoms with Crippen LogP contribution < -0.4 is 10.2 Å². The fourth-order valence-electron chi connectivity index (χ4n) is 1.72. The van der Waals surface area contributed by atoms with E-state index in [-0.39, 0.29) is 28.8 Å². The maximum Gasteiger partial charge on any atom is 0.358 e. The normalized spacial score (nSPS) is 15.1. The largest absolute Gasteiger partial charge is 0.464 e. The summed E-state index contributed by atoms with van der Waals surface area (Å²) < 4.78 is 4.60. The number of hydrogen-bond acceptors (Lipinski definition) is 7. The first-order chi connectivity index (χ1) is 9.02. The fraction of sp³-hybridized carbons (Fsp3) is 0.455. The molecule has 0 radical (unpaired) electrons. The number of nitrogens with zero attached hydrogens (tertiary/aromatic N) is 2. The number of esters is 1. The third kappa shape index (κ3) is 2.73. The molecule has 8 heteroatoms. The number of nitrogens with one attached hydrogen (secondary N) is 1. The Labute approximate surface area is 113 Å². The smallest absolute Gasteiger partial charge is 0.358 e. The Balaban J connectivity index is 2.34. The zero-order valence-corrected chi connectivity index (χ0v) is 11.4. The number of carbonyl (C=O) groups is 3. The van der Waals surface area contributed by atoms with Gasteiger partial charge in [0, 0.05) is 20.0 Å². The molecular formula is C11H13N3O4S. The van der Waals surface area contributed by atoms with Crippen molar-refractivity contribution in [2.24, 2.45) is 0 Å². The van der Waals surface area contributed by atoms with E-state index in [0.717, 1.165) is 11.3 Å². The summed E-state index contributed by atoms with van der Waals surface area (Å²) in [4.78, 5) is 40.5. The molecule has 0 unspecified atom stereocenters. The van der Waals surface area contributed by atoms with Crippen molar-refractivity contribution in [3.8, 4) is 0 Å². The number of hydrogen-bond donors (Lipinski definition) is 1. The van der Waals surface area contributed by atoms with E-state index >= 15 is 0 Å². The quantitative estimate of drug-likeness (QED) is 0.624. The van der Waals surface area contributed by atoms with Gasteiger partial charge in [-0.3, -0.25) is 9.59 Å². The van der Waals surface area contributed by atoms with E-state index in [4.69, 9.17) is 0 Å². The Kier molecular flexibility index (Phi) is 3.79. The number of piperazine rings is 1. The van der Waals surface area contributed by atoms with Gasteiger partial charge in [-0.25, -0.2) is 9.78 Å². The van der Waals surface area contributed by atoms with E-state index in [9.17, 15) is 14.4 Å². The van der Waals surface area contributed by atoms with Crippen molar-refractivity contribution in [3.63, 3.8) is 0 Å². The van der Waals surface area contributed by atoms with E-state index in [0.29, 0.717) is 18.2 Å². The molecule has 1 saturated heterocycles. The second-order valence-electron chi connectivity index (χ2n) is 3.99. The van der Waals surface area contributed by atoms with Crippen molar-refractivity contribution in [3.05, 3.63) is 10.6 Å². The summed E-state index contributed by atoms with van der Waals surface area (Å²) >= 11 is 1.10. The number of rotatable bonds is 3. The second-order valence-corrected chi connectivity index (χ2v) is 4.97. The molecule has 1 N–H and O–H groups in total. The van der Waals surface area contributed by atoms with Gasteiger partial charge in [0.05, 0.1) is 13.7 Å². The minimum Gasteiger partial charge on any atom is -0.464 e. The zero-order valence-electron chi connectivity index (χ0n) is 10.6. The number of amides is 1. The number of ketones is 1. The van der Waals surface area contributed by atoms with Gasteiger partial charge in [0.25, 0.3) is 0 Å². The minimum absolute atomic E-state index is 0.0148. The highest BCUT2D eigenvalue weighted by atomic mass is 32.1. The highest BCUT2D eigenvalue weighted by Crippen LogP contribution is 2.27. The Bertz CT molecular complexity index is 540. The molecule has 0 aliphatic carbocycles. The molecule has 0 atom stereocenters. The second kappa shape index (κ2) is 5.35. The molecule has 102 valence electrons. The number of anilines is 1. The van der Waals surface area contributed by atoms with Crippen LogP contribution in [-0.2, 0) is 9.53 Å². The molecule has 2 heterocycles. The Morgan fingerprint density at radius 2 is 2.21 bits per heavy atom. The highest BCUT2D eigenvalue weighted by Gasteiger charge is 2.26. The fourth-order valence-corrected chi connectivity index (χ4v) is 2.69. The summed E-state index contributed by atoms with van der Waals surface area (Å²) in [6.45, 7) is 2.65. The van der Waals surface area contributed by atoms with Crippen LogP contribution in [0.1, 0.15) is 27.1 Å². The maximum absolute atomic E-state index is 11.6. The van der Waals surface area contributed by atoms with Crippen molar-refractivity contribution in [1.82, 2.24) is 10.3 Å². The summed E-state index contributed by atoms with van der Waals surface area (Å²) in [7, 11) is 1.24. The van der Waals surface area contributed by atoms with Crippen molar-refractivity contribution < 1.29 is 19.1 Å². The van der Waals surface area contributed by atoms with Gasteiger partial charge in [0.15, 0.2) is 16.6 Å². The molecule has 0 aromatic carbocycles. The van der Waals surface area contributed by atoms with Gasteiger partial charge in [0.1, 0.15) is 4.88 Å². The van der Waals surface area contributed by atoms with Crippen LogP contribution in [0, 0.1) is 0 Å². The van der Waals surface area contributed by atoms with Gasteiger partial charge in [-0.05, 0) is 0 Å². The van der Waals surface area contributed by atoms with Crippen LogP contribution in [0.3, 0.4) is 0 Å². The van der Waals surface area contributed by atoms with E-state index in [2.05, 4.69) is 15.0 Å². The number of aromatic nitrogens is 1. The molecule has 0 spiro atoms. The van der Waals surface area contributed by atoms with Crippen molar-refractivity contribution >= 4 is 34.1 Å². The molecule has 1 aliphatic heterocycles. The molecule has 7 nitrogen and oxygen atoms in total. The van der Waals surface area contributed by atoms with Gasteiger partial charge >= 0.3 is 5.97 Å². The summed E-state index contributed by atoms with van der Waals surface area (Å²) in [5, 5.41) is 3.18. The molecule has 1 fully saturated rings. The van der Waals surface area contributed by atoms with Gasteiger partial charge in [-0.2, -0.15) is 0 Å². The summed E-state index contributed by atoms with van der Waals surface area (Å²) in [5.74, 6) is -0.995. The van der Waals surface area contributed by atoms with Gasteiger partial charge in [-0.1, -0.05) is 11.3 Å². The summed E-state index contributed by atoms with van der Waals surface area (Å²) in [6.07, 6.45) is 0. The first-order valence-electron chi connectivity index (χ1n) is 5.64. The molecular weight excluding hydrogens is 270 g/mol. The lowest BCUT2D eigenvalue weighted by molar-refractivity contribution is -0.120. The SMILES string of the molecule is COC(=O)c1nc(N2CCNC(=O)C2)sc1C(C)=O. The van der Waals surface area contributed by atoms with Crippen LogP contribution in [0.15, 0.2) is 0 Å². The standard InChI is InChI=1S/C11H13N3O4S/c1-6(15)9-8(10(17)18-2)13-11(19-9)14-4-3-12-7(16)5-14/h3-5H2,1-2H3,(H,12,16). The molecule has 1 aromatic rings. The van der Waals surface area contributed by atoms with Crippen molar-refractivity contribution in [2.45, 2.75) is 6.92 Å². The Hall–Kier alpha value is -1.96. The highest BCUT2D eigenvalue weighted by molar-refractivity contribution is 7.17. The van der Waals surface area contributed by atoms with Crippen LogP contribution >= 0.6 is 11.3 Å². The topological polar surface area (TPSA) is 88.6 Å². The third-order valence-corrected chi connectivity index (χ3v) is 3.84. The molecule has 1 aliphatic rings. The average molecular weight is 283 g/mol. The Morgan fingerprint density at radius 3 is 2.79 bits per heavy atom. The number of carbonyl (C=O) groups excluding carboxylic acids is 3. The van der Waals surface area contributed by atoms with Crippen molar-refractivity contribution in [2.75, 3.05) is 31.6 Å². The lowest BCUT2D eigenvalue weighted by atomic mass is 10.3. The first-order valence-corrected chi connectivity index (χ1v) is 6.46. The number of Topliss-reactive ketones (excluding diaryl/α,β-unsaturated/α-hetero) is 1. The predicted molar refractivity (Wildman–Crippen MR) is 68.7 cm³/mol. The molecule has 19 heavy (non-hydrogen) atoms. The average Bonchev–Trinajstić information content (AvgIpc) is 2.83. The van der Waals surface area contributed by atoms with Crippen LogP contribution in [0.25, 0.3) is 0 Å². The predicted octanol–water partition coefficient (Wildman–Crippen LogP) is 0.0685. The van der Waals surface area contributed by atoms with Gasteiger partial charge in [-0.15, -0.1) is 0 Å². The monoisotopic (exact) mass is 283 g/mol. The lowest BCUT2D eigenvalue weighted by Gasteiger charge is -2.25. The van der Waals surface area contributed by atoms with E-state index in [1.54, 1.807) is 4.90 Å². The van der Waals surface area contributed by atoms with Crippen molar-refractivity contribution in [1.29, 1.82) is 0 Å². The molecule has 1 aromatic heterocycles. The van der Waals surface area contributed by atoms with Crippen LogP contribution in [0.2, 0.25) is 0 Å². The van der Waals surface area contributed by atoms with Gasteiger partial charge in [0.2, 0.25) is 5.91 Å². The molecule has 0 bridgehead atoms. The first kappa shape index (κ1) is 13.5. The summed E-state index contributed by atoms with van der Waals surface area (Å²) in [5.41, 5.74) is 0.0148. The number of ether oxygens (including phenoxy) is 1. The number of thiazole rings is 1.